The van der Waals surface area contributed by atoms with Gasteiger partial charge in [-0.05, 0) is 60.8 Å². The smallest absolute Gasteiger partial charge is 0.117 e. The molecule has 0 saturated carbocycles. The quantitative estimate of drug-likeness (QED) is 0.281. The number of hydrogen-bond acceptors (Lipinski definition) is 6. The van der Waals surface area contributed by atoms with E-state index in [0.29, 0.717) is 0 Å². The second-order valence-corrected chi connectivity index (χ2v) is 13.9. The van der Waals surface area contributed by atoms with Crippen LogP contribution in [0, 0.1) is 0 Å². The number of aliphatic imine (C=N–C) groups is 1. The second-order valence-electron chi connectivity index (χ2n) is 9.17. The standard InChI is InChI=1S/C27H30N4OS3/c1-3-35(24-10-6-16-33-24)30(2)23-9-4-7-20-17-22(29-25(20)23)26-28-19-27(34-26)11-13-31(14-12-27)18-21-8-5-15-32-21/h3-10,15-17,29H,11-14,18-19H2,1-2H3. The van der Waals surface area contributed by atoms with Crippen molar-refractivity contribution in [2.24, 2.45) is 4.99 Å². The highest BCUT2D eigenvalue weighted by Crippen LogP contribution is 2.44. The van der Waals surface area contributed by atoms with E-state index >= 15 is 0 Å². The maximum atomic E-state index is 5.55. The first-order chi connectivity index (χ1) is 17.1. The van der Waals surface area contributed by atoms with Gasteiger partial charge in [0.15, 0.2) is 0 Å². The summed E-state index contributed by atoms with van der Waals surface area (Å²) in [7, 11) is 2.13. The van der Waals surface area contributed by atoms with Crippen molar-refractivity contribution in [1.82, 2.24) is 9.88 Å². The summed E-state index contributed by atoms with van der Waals surface area (Å²) in [5.41, 5.74) is 3.57. The van der Waals surface area contributed by atoms with Crippen LogP contribution < -0.4 is 4.31 Å². The molecule has 6 rings (SSSR count). The minimum atomic E-state index is -0.0728. The summed E-state index contributed by atoms with van der Waals surface area (Å²) >= 11 is 3.81. The van der Waals surface area contributed by atoms with E-state index in [1.165, 1.54) is 20.8 Å². The summed E-state index contributed by atoms with van der Waals surface area (Å²) in [5, 5.41) is 6.86. The van der Waals surface area contributed by atoms with Crippen LogP contribution in [0.5, 0.6) is 0 Å². The number of hydrogen-bond donors (Lipinski definition) is 1. The average molecular weight is 523 g/mol. The lowest BCUT2D eigenvalue weighted by Crippen LogP contribution is -2.42. The number of aromatic nitrogens is 1. The molecule has 1 aromatic carbocycles. The van der Waals surface area contributed by atoms with Crippen LogP contribution in [0.25, 0.3) is 10.9 Å². The van der Waals surface area contributed by atoms with Crippen LogP contribution in [-0.4, -0.2) is 51.7 Å². The van der Waals surface area contributed by atoms with Gasteiger partial charge in [-0.15, -0.1) is 11.3 Å². The summed E-state index contributed by atoms with van der Waals surface area (Å²) in [6, 6.07) is 17.3. The number of piperidine rings is 1. The molecule has 2 aliphatic heterocycles. The third-order valence-electron chi connectivity index (χ3n) is 6.97. The SMILES string of the molecule is C/C=S(\c1cccs1)N(C)c1cccc2cc(C3=NCC4(CCN(Cc5ccco5)CC4)S3)[nH]c12. The fourth-order valence-electron chi connectivity index (χ4n) is 5.04. The Hall–Kier alpha value is -2.26. The first-order valence-corrected chi connectivity index (χ1v) is 15.0. The molecule has 0 radical (unpaired) electrons. The van der Waals surface area contributed by atoms with Crippen LogP contribution in [-0.2, 0) is 6.54 Å². The first kappa shape index (κ1) is 23.2. The largest absolute Gasteiger partial charge is 0.468 e. The van der Waals surface area contributed by atoms with E-state index in [0.717, 1.165) is 55.5 Å². The van der Waals surface area contributed by atoms with Crippen molar-refractivity contribution in [2.75, 3.05) is 31.0 Å². The highest BCUT2D eigenvalue weighted by Gasteiger charge is 2.40. The van der Waals surface area contributed by atoms with Crippen LogP contribution in [0.1, 0.15) is 31.2 Å². The number of thioether (sulfide) groups is 1. The molecule has 1 N–H and O–H groups in total. The van der Waals surface area contributed by atoms with Crippen molar-refractivity contribution in [3.63, 3.8) is 0 Å². The Kier molecular flexibility index (Phi) is 6.39. The lowest BCUT2D eigenvalue weighted by Gasteiger charge is -2.37. The predicted octanol–water partition coefficient (Wildman–Crippen LogP) is 6.85. The number of fused-ring (bicyclic) bond motifs is 1. The number of rotatable bonds is 6. The van der Waals surface area contributed by atoms with Gasteiger partial charge in [0.05, 0.1) is 40.5 Å². The summed E-state index contributed by atoms with van der Waals surface area (Å²) in [6.45, 7) is 6.16. The van der Waals surface area contributed by atoms with E-state index in [-0.39, 0.29) is 15.4 Å². The van der Waals surface area contributed by atoms with E-state index in [1.807, 2.05) is 29.2 Å². The van der Waals surface area contributed by atoms with Crippen molar-refractivity contribution in [3.05, 3.63) is 71.6 Å². The van der Waals surface area contributed by atoms with E-state index in [1.54, 1.807) is 6.26 Å². The Morgan fingerprint density at radius 3 is 2.83 bits per heavy atom. The topological polar surface area (TPSA) is 47.8 Å². The number of nitrogens with one attached hydrogen (secondary N) is 1. The van der Waals surface area contributed by atoms with E-state index < -0.39 is 0 Å². The number of benzene rings is 1. The van der Waals surface area contributed by atoms with Gasteiger partial charge in [0, 0.05) is 30.3 Å². The molecule has 1 unspecified atom stereocenters. The molecular formula is C27H30N4OS3. The minimum Gasteiger partial charge on any atom is -0.468 e. The molecule has 4 aromatic rings. The summed E-state index contributed by atoms with van der Waals surface area (Å²) in [6.07, 6.45) is 4.09. The summed E-state index contributed by atoms with van der Waals surface area (Å²) in [4.78, 5) is 11.3. The van der Waals surface area contributed by atoms with Crippen LogP contribution in [0.2, 0.25) is 0 Å². The van der Waals surface area contributed by atoms with Gasteiger partial charge in [-0.25, -0.2) is 0 Å². The molecule has 182 valence electrons. The number of thiophene rings is 1. The number of aromatic amines is 1. The van der Waals surface area contributed by atoms with Gasteiger partial charge in [0.2, 0.25) is 0 Å². The van der Waals surface area contributed by atoms with Gasteiger partial charge < -0.3 is 13.7 Å². The molecule has 5 heterocycles. The Balaban J connectivity index is 1.19. The first-order valence-electron chi connectivity index (χ1n) is 12.0. The van der Waals surface area contributed by atoms with Gasteiger partial charge in [-0.3, -0.25) is 9.89 Å². The van der Waals surface area contributed by atoms with E-state index in [2.05, 4.69) is 81.4 Å². The molecule has 1 atom stereocenters. The fourth-order valence-corrected chi connectivity index (χ4v) is 9.35. The third-order valence-corrected chi connectivity index (χ3v) is 11.7. The van der Waals surface area contributed by atoms with Gasteiger partial charge in [0.1, 0.15) is 10.8 Å². The van der Waals surface area contributed by atoms with Crippen LogP contribution in [0.4, 0.5) is 5.69 Å². The van der Waals surface area contributed by atoms with Crippen LogP contribution in [0.15, 0.2) is 73.8 Å². The molecule has 1 saturated heterocycles. The second kappa shape index (κ2) is 9.65. The maximum absolute atomic E-state index is 5.55. The zero-order valence-electron chi connectivity index (χ0n) is 20.1. The highest BCUT2D eigenvalue weighted by molar-refractivity contribution is 8.17. The zero-order valence-corrected chi connectivity index (χ0v) is 22.5. The van der Waals surface area contributed by atoms with E-state index in [4.69, 9.17) is 9.41 Å². The molecule has 8 heteroatoms. The Labute approximate surface area is 217 Å². The summed E-state index contributed by atoms with van der Waals surface area (Å²) < 4.78 is 9.56. The highest BCUT2D eigenvalue weighted by atomic mass is 32.2. The van der Waals surface area contributed by atoms with Crippen molar-refractivity contribution >= 4 is 60.8 Å². The van der Waals surface area contributed by atoms with Crippen LogP contribution >= 0.6 is 33.8 Å². The van der Waals surface area contributed by atoms with Crippen molar-refractivity contribution in [1.29, 1.82) is 0 Å². The Bertz CT molecular complexity index is 1360. The summed E-state index contributed by atoms with van der Waals surface area (Å²) in [5.74, 6) is 1.05. The number of furan rings is 1. The molecule has 5 nitrogen and oxygen atoms in total. The Morgan fingerprint density at radius 1 is 1.20 bits per heavy atom. The predicted molar refractivity (Wildman–Crippen MR) is 154 cm³/mol. The van der Waals surface area contributed by atoms with Gasteiger partial charge in [-0.1, -0.05) is 40.6 Å². The fraction of sp³-hybridized carbons (Fsp3) is 0.333. The number of likely N-dealkylation sites (tertiary alicyclic amines) is 1. The number of para-hydroxylation sites is 1. The van der Waals surface area contributed by atoms with Crippen molar-refractivity contribution in [2.45, 2.75) is 35.3 Å². The Morgan fingerprint density at radius 2 is 2.09 bits per heavy atom. The van der Waals surface area contributed by atoms with Gasteiger partial charge in [-0.2, -0.15) is 0 Å². The zero-order chi connectivity index (χ0) is 23.8. The number of nitrogens with zero attached hydrogens (tertiary/aromatic N) is 3. The van der Waals surface area contributed by atoms with Gasteiger partial charge in [0.25, 0.3) is 0 Å². The average Bonchev–Trinajstić information content (AvgIpc) is 3.68. The third kappa shape index (κ3) is 4.53. The molecule has 1 fully saturated rings. The van der Waals surface area contributed by atoms with Crippen molar-refractivity contribution in [3.8, 4) is 0 Å². The molecule has 3 aromatic heterocycles. The lowest BCUT2D eigenvalue weighted by atomic mass is 9.95. The molecule has 2 aliphatic rings. The lowest BCUT2D eigenvalue weighted by molar-refractivity contribution is 0.183. The maximum Gasteiger partial charge on any atom is 0.117 e. The molecule has 0 bridgehead atoms. The molecule has 0 aliphatic carbocycles. The molecule has 1 spiro atoms. The monoisotopic (exact) mass is 522 g/mol. The number of anilines is 1. The number of H-pyrrole nitrogens is 1. The normalized spacial score (nSPS) is 19.0. The molecule has 0 amide bonds. The molecule has 35 heavy (non-hydrogen) atoms. The minimum absolute atomic E-state index is 0.0728. The van der Waals surface area contributed by atoms with E-state index in [9.17, 15) is 0 Å². The van der Waals surface area contributed by atoms with Crippen molar-refractivity contribution < 1.29 is 4.42 Å². The van der Waals surface area contributed by atoms with Crippen LogP contribution in [0.3, 0.4) is 0 Å². The van der Waals surface area contributed by atoms with Gasteiger partial charge >= 0.3 is 0 Å². The molecular weight excluding hydrogens is 493 g/mol.